The summed E-state index contributed by atoms with van der Waals surface area (Å²) in [4.78, 5) is 0.382. The van der Waals surface area contributed by atoms with Gasteiger partial charge in [0.15, 0.2) is 11.5 Å². The van der Waals surface area contributed by atoms with Crippen LogP contribution in [0, 0.1) is 0 Å². The van der Waals surface area contributed by atoms with E-state index >= 15 is 0 Å². The molecule has 0 aromatic heterocycles. The van der Waals surface area contributed by atoms with Crippen LogP contribution in [0.4, 0.5) is 0 Å². The second kappa shape index (κ2) is 4.36. The monoisotopic (exact) mass is 201 g/mol. The lowest BCUT2D eigenvalue weighted by Crippen LogP contribution is -2.14. The van der Waals surface area contributed by atoms with Crippen LogP contribution >= 0.6 is 0 Å². The SMILES string of the molecule is COc1cccc(OC)c1[S+](N)[O-]. The molecular weight excluding hydrogens is 190 g/mol. The Labute approximate surface area is 80.0 Å². The topological polar surface area (TPSA) is 67.5 Å². The minimum Gasteiger partial charge on any atom is -0.593 e. The number of rotatable bonds is 3. The summed E-state index contributed by atoms with van der Waals surface area (Å²) in [5.74, 6) is 0.945. The first-order chi connectivity index (χ1) is 6.20. The van der Waals surface area contributed by atoms with Crippen LogP contribution in [-0.2, 0) is 11.4 Å². The highest BCUT2D eigenvalue weighted by Gasteiger charge is 2.19. The molecule has 0 aliphatic carbocycles. The fourth-order valence-corrected chi connectivity index (χ4v) is 1.71. The van der Waals surface area contributed by atoms with Crippen molar-refractivity contribution in [1.82, 2.24) is 0 Å². The lowest BCUT2D eigenvalue weighted by molar-refractivity contribution is 0.373. The summed E-state index contributed by atoms with van der Waals surface area (Å²) in [5, 5.41) is 5.28. The average molecular weight is 201 g/mol. The summed E-state index contributed by atoms with van der Waals surface area (Å²) < 4.78 is 21.1. The maximum atomic E-state index is 11.1. The van der Waals surface area contributed by atoms with E-state index in [-0.39, 0.29) is 0 Å². The van der Waals surface area contributed by atoms with E-state index in [4.69, 9.17) is 14.6 Å². The fraction of sp³-hybridized carbons (Fsp3) is 0.250. The number of nitrogens with two attached hydrogens (primary N) is 1. The van der Waals surface area contributed by atoms with Crippen molar-refractivity contribution in [1.29, 1.82) is 0 Å². The maximum Gasteiger partial charge on any atom is 0.257 e. The van der Waals surface area contributed by atoms with Gasteiger partial charge in [0, 0.05) is 0 Å². The van der Waals surface area contributed by atoms with Crippen LogP contribution in [0.1, 0.15) is 0 Å². The number of methoxy groups -OCH3 is 2. The minimum atomic E-state index is -1.60. The summed E-state index contributed by atoms with van der Waals surface area (Å²) in [5.41, 5.74) is 0. The molecule has 0 heterocycles. The van der Waals surface area contributed by atoms with Gasteiger partial charge >= 0.3 is 0 Å². The van der Waals surface area contributed by atoms with Gasteiger partial charge in [0.1, 0.15) is 0 Å². The fourth-order valence-electron chi connectivity index (χ4n) is 1.02. The lowest BCUT2D eigenvalue weighted by Gasteiger charge is -2.11. The van der Waals surface area contributed by atoms with Crippen molar-refractivity contribution in [2.45, 2.75) is 4.90 Å². The summed E-state index contributed by atoms with van der Waals surface area (Å²) >= 11 is -1.60. The first kappa shape index (κ1) is 10.2. The molecule has 1 atom stereocenters. The number of ether oxygens (including phenoxy) is 2. The molecule has 0 bridgehead atoms. The molecule has 1 aromatic rings. The van der Waals surface area contributed by atoms with Crippen LogP contribution in [0.5, 0.6) is 11.5 Å². The Morgan fingerprint density at radius 1 is 1.23 bits per heavy atom. The van der Waals surface area contributed by atoms with Gasteiger partial charge in [-0.1, -0.05) is 6.07 Å². The van der Waals surface area contributed by atoms with Crippen molar-refractivity contribution in [2.75, 3.05) is 14.2 Å². The van der Waals surface area contributed by atoms with E-state index in [1.807, 2.05) is 0 Å². The summed E-state index contributed by atoms with van der Waals surface area (Å²) in [6.45, 7) is 0. The Balaban J connectivity index is 3.21. The molecule has 1 aromatic carbocycles. The van der Waals surface area contributed by atoms with Crippen LogP contribution in [0.3, 0.4) is 0 Å². The Hall–Kier alpha value is -0.910. The molecule has 0 radical (unpaired) electrons. The Kier molecular flexibility index (Phi) is 3.41. The highest BCUT2D eigenvalue weighted by molar-refractivity contribution is 7.89. The van der Waals surface area contributed by atoms with Crippen LogP contribution in [-0.4, -0.2) is 18.8 Å². The van der Waals surface area contributed by atoms with Gasteiger partial charge in [0.2, 0.25) is 0 Å². The molecule has 0 spiro atoms. The second-order valence-electron chi connectivity index (χ2n) is 2.29. The highest BCUT2D eigenvalue weighted by atomic mass is 32.2. The van der Waals surface area contributed by atoms with Crippen molar-refractivity contribution < 1.29 is 14.0 Å². The van der Waals surface area contributed by atoms with Gasteiger partial charge in [0.05, 0.1) is 25.6 Å². The summed E-state index contributed by atoms with van der Waals surface area (Å²) in [7, 11) is 2.98. The van der Waals surface area contributed by atoms with E-state index in [0.29, 0.717) is 16.4 Å². The van der Waals surface area contributed by atoms with E-state index < -0.39 is 11.4 Å². The van der Waals surface area contributed by atoms with Crippen molar-refractivity contribution in [2.24, 2.45) is 5.14 Å². The zero-order valence-electron chi connectivity index (χ0n) is 7.44. The van der Waals surface area contributed by atoms with Crippen LogP contribution < -0.4 is 14.6 Å². The Morgan fingerprint density at radius 2 is 1.69 bits per heavy atom. The van der Waals surface area contributed by atoms with Gasteiger partial charge in [0.25, 0.3) is 4.90 Å². The second-order valence-corrected chi connectivity index (χ2v) is 3.29. The van der Waals surface area contributed by atoms with Gasteiger partial charge < -0.3 is 14.0 Å². The normalized spacial score (nSPS) is 12.3. The average Bonchev–Trinajstić information content (AvgIpc) is 2.16. The van der Waals surface area contributed by atoms with Gasteiger partial charge in [-0.2, -0.15) is 0 Å². The molecule has 0 saturated heterocycles. The van der Waals surface area contributed by atoms with E-state index in [2.05, 4.69) is 0 Å². The van der Waals surface area contributed by atoms with Crippen molar-refractivity contribution in [3.05, 3.63) is 18.2 Å². The van der Waals surface area contributed by atoms with E-state index in [1.54, 1.807) is 18.2 Å². The minimum absolute atomic E-state index is 0.382. The molecule has 2 N–H and O–H groups in total. The van der Waals surface area contributed by atoms with Crippen LogP contribution in [0.15, 0.2) is 23.1 Å². The molecule has 13 heavy (non-hydrogen) atoms. The van der Waals surface area contributed by atoms with Crippen molar-refractivity contribution >= 4 is 11.4 Å². The molecule has 0 amide bonds. The molecule has 0 saturated carbocycles. The third-order valence-electron chi connectivity index (χ3n) is 1.58. The standard InChI is InChI=1S/C8H11NO3S/c1-11-6-4-3-5-7(12-2)8(6)13(9)10/h3-5H,9H2,1-2H3. The van der Waals surface area contributed by atoms with E-state index in [0.717, 1.165) is 0 Å². The third kappa shape index (κ3) is 2.06. The molecule has 5 heteroatoms. The number of benzene rings is 1. The van der Waals surface area contributed by atoms with E-state index in [9.17, 15) is 4.55 Å². The maximum absolute atomic E-state index is 11.1. The first-order valence-electron chi connectivity index (χ1n) is 3.58. The summed E-state index contributed by atoms with van der Waals surface area (Å²) in [6.07, 6.45) is 0. The molecule has 0 aliphatic heterocycles. The molecule has 1 rings (SSSR count). The quantitative estimate of drug-likeness (QED) is 0.730. The first-order valence-corrected chi connectivity index (χ1v) is 4.79. The lowest BCUT2D eigenvalue weighted by atomic mass is 10.3. The zero-order valence-corrected chi connectivity index (χ0v) is 8.26. The van der Waals surface area contributed by atoms with Crippen LogP contribution in [0.2, 0.25) is 0 Å². The summed E-state index contributed by atoms with van der Waals surface area (Å²) in [6, 6.07) is 5.11. The van der Waals surface area contributed by atoms with Gasteiger partial charge in [-0.05, 0) is 12.1 Å². The molecule has 4 nitrogen and oxygen atoms in total. The number of hydrogen-bond donors (Lipinski definition) is 1. The van der Waals surface area contributed by atoms with Crippen LogP contribution in [0.25, 0.3) is 0 Å². The molecule has 1 unspecified atom stereocenters. The van der Waals surface area contributed by atoms with Gasteiger partial charge in [-0.15, -0.1) is 5.14 Å². The predicted molar refractivity (Wildman–Crippen MR) is 50.1 cm³/mol. The highest BCUT2D eigenvalue weighted by Crippen LogP contribution is 2.31. The molecule has 0 fully saturated rings. The Morgan fingerprint density at radius 3 is 2.00 bits per heavy atom. The predicted octanol–water partition coefficient (Wildman–Crippen LogP) is 0.685. The zero-order chi connectivity index (χ0) is 9.84. The largest absolute Gasteiger partial charge is 0.593 e. The van der Waals surface area contributed by atoms with E-state index in [1.165, 1.54) is 14.2 Å². The van der Waals surface area contributed by atoms with Gasteiger partial charge in [-0.3, -0.25) is 0 Å². The molecule has 0 aliphatic rings. The molecule has 72 valence electrons. The van der Waals surface area contributed by atoms with Crippen molar-refractivity contribution in [3.63, 3.8) is 0 Å². The number of hydrogen-bond acceptors (Lipinski definition) is 4. The Bertz CT molecular complexity index is 268. The van der Waals surface area contributed by atoms with Gasteiger partial charge in [-0.25, -0.2) is 0 Å². The molecular formula is C8H11NO3S. The third-order valence-corrected chi connectivity index (χ3v) is 2.39. The smallest absolute Gasteiger partial charge is 0.257 e. The van der Waals surface area contributed by atoms with Crippen molar-refractivity contribution in [3.8, 4) is 11.5 Å².